The van der Waals surface area contributed by atoms with Crippen molar-refractivity contribution in [2.45, 2.75) is 25.8 Å². The zero-order valence-corrected chi connectivity index (χ0v) is 14.5. The van der Waals surface area contributed by atoms with E-state index in [1.54, 1.807) is 0 Å². The van der Waals surface area contributed by atoms with Gasteiger partial charge in [-0.05, 0) is 37.0 Å². The summed E-state index contributed by atoms with van der Waals surface area (Å²) in [6, 6.07) is 5.78. The molecule has 4 heterocycles. The fraction of sp³-hybridized carbons (Fsp3) is 0.474. The van der Waals surface area contributed by atoms with Crippen molar-refractivity contribution in [3.8, 4) is 22.8 Å². The van der Waals surface area contributed by atoms with E-state index in [1.165, 1.54) is 0 Å². The number of carbonyl (C=O) groups is 1. The minimum absolute atomic E-state index is 0.174. The first-order valence-corrected chi connectivity index (χ1v) is 9.09. The Hall–Kier alpha value is -2.54. The Morgan fingerprint density at radius 2 is 2.04 bits per heavy atom. The summed E-state index contributed by atoms with van der Waals surface area (Å²) >= 11 is 0. The highest BCUT2D eigenvalue weighted by molar-refractivity contribution is 5.84. The Balaban J connectivity index is 1.38. The van der Waals surface area contributed by atoms with E-state index in [-0.39, 0.29) is 12.7 Å². The number of hydrogen-bond acceptors (Lipinski definition) is 5. The van der Waals surface area contributed by atoms with Gasteiger partial charge in [0.25, 0.3) is 0 Å². The summed E-state index contributed by atoms with van der Waals surface area (Å²) in [6.07, 6.45) is 2.45. The highest BCUT2D eigenvalue weighted by Gasteiger charge is 2.30. The number of carbonyl (C=O) groups excluding carboxylic acids is 1. The molecule has 0 bridgehead atoms. The molecule has 1 aromatic carbocycles. The molecule has 1 saturated heterocycles. The molecule has 136 valence electrons. The van der Waals surface area contributed by atoms with E-state index in [4.69, 9.17) is 14.2 Å². The van der Waals surface area contributed by atoms with Gasteiger partial charge in [0.15, 0.2) is 11.5 Å². The van der Waals surface area contributed by atoms with Gasteiger partial charge in [-0.15, -0.1) is 0 Å². The Labute approximate surface area is 151 Å². The summed E-state index contributed by atoms with van der Waals surface area (Å²) in [4.78, 5) is 14.7. The zero-order chi connectivity index (χ0) is 17.5. The van der Waals surface area contributed by atoms with Crippen molar-refractivity contribution in [2.75, 3.05) is 26.6 Å². The first-order valence-electron chi connectivity index (χ1n) is 9.09. The van der Waals surface area contributed by atoms with Crippen molar-refractivity contribution in [2.24, 2.45) is 5.92 Å². The third-order valence-corrected chi connectivity index (χ3v) is 5.45. The Morgan fingerprint density at radius 3 is 2.92 bits per heavy atom. The van der Waals surface area contributed by atoms with Crippen LogP contribution in [0.5, 0.6) is 11.5 Å². The average molecular weight is 355 g/mol. The predicted octanol–water partition coefficient (Wildman–Crippen LogP) is 2.12. The van der Waals surface area contributed by atoms with Gasteiger partial charge in [0, 0.05) is 30.9 Å². The standard InChI is InChI=1S/C19H21N3O4/c23-18-8-14-15(10-22(18)9-12-3-5-24-6-4-12)20-21-19(14)13-1-2-16-17(7-13)26-11-25-16/h1-2,7,12H,3-6,8-11H2,(H,20,21). The van der Waals surface area contributed by atoms with Gasteiger partial charge in [-0.2, -0.15) is 5.10 Å². The molecule has 3 aliphatic rings. The molecule has 26 heavy (non-hydrogen) atoms. The molecule has 5 rings (SSSR count). The van der Waals surface area contributed by atoms with Crippen molar-refractivity contribution in [3.63, 3.8) is 0 Å². The lowest BCUT2D eigenvalue weighted by atomic mass is 9.96. The molecule has 1 fully saturated rings. The fourth-order valence-electron chi connectivity index (χ4n) is 3.95. The summed E-state index contributed by atoms with van der Waals surface area (Å²) in [5.74, 6) is 2.18. The molecule has 3 aliphatic heterocycles. The van der Waals surface area contributed by atoms with E-state index in [9.17, 15) is 4.79 Å². The van der Waals surface area contributed by atoms with Crippen molar-refractivity contribution in [1.82, 2.24) is 15.1 Å². The van der Waals surface area contributed by atoms with E-state index in [0.717, 1.165) is 66.6 Å². The number of hydrogen-bond donors (Lipinski definition) is 1. The molecular formula is C19H21N3O4. The van der Waals surface area contributed by atoms with E-state index in [0.29, 0.717) is 18.9 Å². The van der Waals surface area contributed by atoms with Gasteiger partial charge < -0.3 is 19.1 Å². The summed E-state index contributed by atoms with van der Waals surface area (Å²) < 4.78 is 16.2. The summed E-state index contributed by atoms with van der Waals surface area (Å²) in [5, 5.41) is 7.63. The van der Waals surface area contributed by atoms with Gasteiger partial charge in [-0.3, -0.25) is 9.89 Å². The molecule has 0 spiro atoms. The van der Waals surface area contributed by atoms with E-state index < -0.39 is 0 Å². The number of benzene rings is 1. The Kier molecular flexibility index (Phi) is 3.81. The van der Waals surface area contributed by atoms with Crippen molar-refractivity contribution in [3.05, 3.63) is 29.5 Å². The zero-order valence-electron chi connectivity index (χ0n) is 14.5. The normalized spacial score (nSPS) is 19.7. The van der Waals surface area contributed by atoms with Crippen LogP contribution in [0.4, 0.5) is 0 Å². The van der Waals surface area contributed by atoms with Crippen LogP contribution >= 0.6 is 0 Å². The second kappa shape index (κ2) is 6.32. The quantitative estimate of drug-likeness (QED) is 0.913. The van der Waals surface area contributed by atoms with Crippen LogP contribution in [0, 0.1) is 5.92 Å². The molecule has 1 aromatic heterocycles. The van der Waals surface area contributed by atoms with Crippen LogP contribution in [0.3, 0.4) is 0 Å². The van der Waals surface area contributed by atoms with Crippen LogP contribution in [-0.4, -0.2) is 47.6 Å². The number of nitrogens with zero attached hydrogens (tertiary/aromatic N) is 2. The molecule has 0 unspecified atom stereocenters. The molecule has 0 aliphatic carbocycles. The molecule has 0 atom stereocenters. The number of rotatable bonds is 3. The van der Waals surface area contributed by atoms with Crippen molar-refractivity contribution >= 4 is 5.91 Å². The number of ether oxygens (including phenoxy) is 3. The molecule has 1 N–H and O–H groups in total. The minimum atomic E-state index is 0.174. The van der Waals surface area contributed by atoms with Gasteiger partial charge in [0.1, 0.15) is 0 Å². The van der Waals surface area contributed by atoms with Crippen LogP contribution in [-0.2, 0) is 22.5 Å². The molecular weight excluding hydrogens is 334 g/mol. The maximum Gasteiger partial charge on any atom is 0.231 e. The van der Waals surface area contributed by atoms with Crippen LogP contribution in [0.15, 0.2) is 18.2 Å². The number of amides is 1. The van der Waals surface area contributed by atoms with E-state index >= 15 is 0 Å². The van der Waals surface area contributed by atoms with Gasteiger partial charge >= 0.3 is 0 Å². The van der Waals surface area contributed by atoms with Gasteiger partial charge in [0.05, 0.1) is 24.4 Å². The fourth-order valence-corrected chi connectivity index (χ4v) is 3.95. The molecule has 7 heteroatoms. The van der Waals surface area contributed by atoms with Gasteiger partial charge in [0.2, 0.25) is 12.7 Å². The molecule has 7 nitrogen and oxygen atoms in total. The minimum Gasteiger partial charge on any atom is -0.454 e. The summed E-state index contributed by atoms with van der Waals surface area (Å²) in [5.41, 5.74) is 3.80. The number of aromatic amines is 1. The predicted molar refractivity (Wildman–Crippen MR) is 92.8 cm³/mol. The maximum atomic E-state index is 12.7. The van der Waals surface area contributed by atoms with Gasteiger partial charge in [-0.1, -0.05) is 0 Å². The first-order chi connectivity index (χ1) is 12.8. The van der Waals surface area contributed by atoms with E-state index in [1.807, 2.05) is 23.1 Å². The number of nitrogens with one attached hydrogen (secondary N) is 1. The van der Waals surface area contributed by atoms with Crippen molar-refractivity contribution < 1.29 is 19.0 Å². The molecule has 0 saturated carbocycles. The number of aromatic nitrogens is 2. The van der Waals surface area contributed by atoms with Crippen molar-refractivity contribution in [1.29, 1.82) is 0 Å². The Bertz CT molecular complexity index is 841. The second-order valence-electron chi connectivity index (χ2n) is 7.10. The number of fused-ring (bicyclic) bond motifs is 2. The highest BCUT2D eigenvalue weighted by atomic mass is 16.7. The van der Waals surface area contributed by atoms with E-state index in [2.05, 4.69) is 10.2 Å². The van der Waals surface area contributed by atoms with Crippen LogP contribution in [0.25, 0.3) is 11.3 Å². The lowest BCUT2D eigenvalue weighted by molar-refractivity contribution is -0.133. The smallest absolute Gasteiger partial charge is 0.231 e. The van der Waals surface area contributed by atoms with Gasteiger partial charge in [-0.25, -0.2) is 0 Å². The molecule has 2 aromatic rings. The first kappa shape index (κ1) is 15.7. The largest absolute Gasteiger partial charge is 0.454 e. The van der Waals surface area contributed by atoms with Crippen LogP contribution in [0.1, 0.15) is 24.1 Å². The van der Waals surface area contributed by atoms with Crippen LogP contribution in [0.2, 0.25) is 0 Å². The lowest BCUT2D eigenvalue weighted by Crippen LogP contribution is -2.40. The Morgan fingerprint density at radius 1 is 1.19 bits per heavy atom. The average Bonchev–Trinajstić information content (AvgIpc) is 3.29. The second-order valence-corrected chi connectivity index (χ2v) is 7.10. The third kappa shape index (κ3) is 2.72. The summed E-state index contributed by atoms with van der Waals surface area (Å²) in [6.45, 7) is 3.26. The molecule has 0 radical (unpaired) electrons. The van der Waals surface area contributed by atoms with Crippen LogP contribution < -0.4 is 9.47 Å². The highest BCUT2D eigenvalue weighted by Crippen LogP contribution is 2.37. The SMILES string of the molecule is O=C1Cc2c(-c3ccc4c(c3)OCO4)n[nH]c2CN1CC1CCOCC1. The summed E-state index contributed by atoms with van der Waals surface area (Å²) in [7, 11) is 0. The third-order valence-electron chi connectivity index (χ3n) is 5.45. The maximum absolute atomic E-state index is 12.7. The number of H-pyrrole nitrogens is 1. The molecule has 1 amide bonds. The monoisotopic (exact) mass is 355 g/mol. The topological polar surface area (TPSA) is 76.7 Å². The lowest BCUT2D eigenvalue weighted by Gasteiger charge is -2.32.